The minimum absolute atomic E-state index is 0.220. The van der Waals surface area contributed by atoms with Crippen LogP contribution in [0, 0.1) is 0 Å². The molecule has 2 amide bonds. The largest absolute Gasteiger partial charge is 0.334 e. The Kier molecular flexibility index (Phi) is 45.2. The number of ketones is 1. The van der Waals surface area contributed by atoms with E-state index in [2.05, 4.69) is 42.3 Å². The summed E-state index contributed by atoms with van der Waals surface area (Å²) in [4.78, 5) is 25.5. The topological polar surface area (TPSA) is 70.6 Å². The van der Waals surface area contributed by atoms with Crippen LogP contribution in [-0.4, -0.2) is 24.1 Å². The van der Waals surface area contributed by atoms with Gasteiger partial charge in [0.25, 0.3) is 0 Å². The Hall–Kier alpha value is -3.18. The Balaban J connectivity index is -0.000000164. The summed E-state index contributed by atoms with van der Waals surface area (Å²) in [5.74, 6) is 0.220. The summed E-state index contributed by atoms with van der Waals surface area (Å²) in [6, 6.07) is -0.249. The fourth-order valence-corrected chi connectivity index (χ4v) is 1.67. The molecular formula is C32H54ClN3O2. The zero-order valence-electron chi connectivity index (χ0n) is 25.7. The maximum absolute atomic E-state index is 11.5. The summed E-state index contributed by atoms with van der Waals surface area (Å²) in [5, 5.41) is 5.84. The van der Waals surface area contributed by atoms with Crippen LogP contribution in [0.25, 0.3) is 0 Å². The SMILES string of the molecule is C/C=C\CC(C)=O.C=C(Cl)/C=C\C(=C/C)CNC(=O)N/C=C/C=C(\C)CC.C=CC.C=CN=C(C)C.CC. The zero-order chi connectivity index (χ0) is 30.8. The number of aliphatic imine (C=N–C) groups is 1. The highest BCUT2D eigenvalue weighted by molar-refractivity contribution is 6.30. The van der Waals surface area contributed by atoms with Crippen LogP contribution in [0.15, 0.2) is 102 Å². The fourth-order valence-electron chi connectivity index (χ4n) is 1.61. The number of allylic oxidation sites excluding steroid dienone is 9. The van der Waals surface area contributed by atoms with Crippen LogP contribution in [0.5, 0.6) is 0 Å². The first kappa shape index (κ1) is 44.8. The van der Waals surface area contributed by atoms with Crippen LogP contribution >= 0.6 is 11.6 Å². The summed E-state index contributed by atoms with van der Waals surface area (Å²) < 4.78 is 0. The maximum Gasteiger partial charge on any atom is 0.319 e. The molecule has 0 aromatic heterocycles. The van der Waals surface area contributed by atoms with Gasteiger partial charge in [0, 0.05) is 36.1 Å². The summed E-state index contributed by atoms with van der Waals surface area (Å²) >= 11 is 5.64. The minimum atomic E-state index is -0.249. The van der Waals surface area contributed by atoms with Gasteiger partial charge in [0.05, 0.1) is 0 Å². The van der Waals surface area contributed by atoms with Crippen molar-refractivity contribution >= 4 is 29.1 Å². The lowest BCUT2D eigenvalue weighted by Gasteiger charge is -2.05. The maximum atomic E-state index is 11.5. The molecule has 0 aromatic carbocycles. The number of hydrogen-bond donors (Lipinski definition) is 2. The van der Waals surface area contributed by atoms with Gasteiger partial charge < -0.3 is 10.6 Å². The molecule has 0 rings (SSSR count). The van der Waals surface area contributed by atoms with E-state index in [-0.39, 0.29) is 11.8 Å². The number of urea groups is 1. The van der Waals surface area contributed by atoms with Crippen molar-refractivity contribution in [3.8, 4) is 0 Å². The predicted molar refractivity (Wildman–Crippen MR) is 174 cm³/mol. The van der Waals surface area contributed by atoms with Gasteiger partial charge in [-0.3, -0.25) is 9.79 Å². The van der Waals surface area contributed by atoms with Crippen molar-refractivity contribution < 1.29 is 9.59 Å². The fraction of sp³-hybridized carbons (Fsp3) is 0.406. The van der Waals surface area contributed by atoms with E-state index in [0.29, 0.717) is 18.0 Å². The van der Waals surface area contributed by atoms with Crippen molar-refractivity contribution in [2.75, 3.05) is 6.54 Å². The number of nitrogens with zero attached hydrogens (tertiary/aromatic N) is 1. The van der Waals surface area contributed by atoms with E-state index in [1.54, 1.807) is 25.3 Å². The van der Waals surface area contributed by atoms with E-state index in [9.17, 15) is 9.59 Å². The molecule has 0 aliphatic rings. The van der Waals surface area contributed by atoms with Gasteiger partial charge in [-0.05, 0) is 72.6 Å². The number of rotatable bonds is 10. The molecule has 0 aliphatic heterocycles. The second-order valence-electron chi connectivity index (χ2n) is 7.34. The molecule has 0 spiro atoms. The average molecular weight is 548 g/mol. The van der Waals surface area contributed by atoms with E-state index in [1.807, 2.05) is 91.8 Å². The Labute approximate surface area is 239 Å². The quantitative estimate of drug-likeness (QED) is 0.162. The third-order valence-corrected chi connectivity index (χ3v) is 3.67. The number of halogens is 1. The molecule has 0 atom stereocenters. The monoisotopic (exact) mass is 547 g/mol. The molecule has 0 aromatic rings. The van der Waals surface area contributed by atoms with Gasteiger partial charge in [0.2, 0.25) is 0 Å². The van der Waals surface area contributed by atoms with E-state index < -0.39 is 0 Å². The highest BCUT2D eigenvalue weighted by atomic mass is 35.5. The van der Waals surface area contributed by atoms with Crippen LogP contribution in [0.2, 0.25) is 0 Å². The number of Topliss-reactive ketones (excluding diaryl/α,β-unsaturated/α-hetero) is 1. The molecule has 6 heteroatoms. The van der Waals surface area contributed by atoms with E-state index in [1.165, 1.54) is 11.8 Å². The summed E-state index contributed by atoms with van der Waals surface area (Å²) in [6.07, 6.45) is 19.4. The first-order valence-corrected chi connectivity index (χ1v) is 13.2. The summed E-state index contributed by atoms with van der Waals surface area (Å²) in [6.45, 7) is 30.0. The van der Waals surface area contributed by atoms with Gasteiger partial charge in [0.1, 0.15) is 5.78 Å². The van der Waals surface area contributed by atoms with Crippen molar-refractivity contribution in [1.82, 2.24) is 10.6 Å². The molecule has 0 fully saturated rings. The molecule has 38 heavy (non-hydrogen) atoms. The average Bonchev–Trinajstić information content (AvgIpc) is 2.87. The standard InChI is InChI=1S/C16H23ClN2O.C6H10O.C5H9N.C3H6.C2H6/c1-5-13(3)8-7-11-18-16(20)19-12-15(6-2)10-9-14(4)17;1-3-4-5-6(2)7;1-4-6-5(2)3;1-3-2;1-2/h6-11H,4-5,12H2,1-3H3,(H2,18,19,20);3-4H,5H2,1-2H3;4H,1H2,2-3H3;3H,1H2,2H3;1-2H3/b10-9-,11-7+,13-8+,15-6+;4-3-;;;. The molecule has 0 bridgehead atoms. The van der Waals surface area contributed by atoms with Crippen LogP contribution in [0.4, 0.5) is 4.79 Å². The lowest BCUT2D eigenvalue weighted by Crippen LogP contribution is -2.33. The van der Waals surface area contributed by atoms with Gasteiger partial charge in [-0.2, -0.15) is 0 Å². The number of carbonyl (C=O) groups excluding carboxylic acids is 2. The molecular weight excluding hydrogens is 494 g/mol. The lowest BCUT2D eigenvalue weighted by molar-refractivity contribution is -0.116. The Morgan fingerprint density at radius 3 is 1.87 bits per heavy atom. The van der Waals surface area contributed by atoms with Crippen LogP contribution < -0.4 is 10.6 Å². The number of amides is 2. The molecule has 0 heterocycles. The van der Waals surface area contributed by atoms with E-state index >= 15 is 0 Å². The van der Waals surface area contributed by atoms with Gasteiger partial charge in [-0.1, -0.05) is 87.6 Å². The molecule has 2 N–H and O–H groups in total. The highest BCUT2D eigenvalue weighted by Gasteiger charge is 1.97. The van der Waals surface area contributed by atoms with E-state index in [4.69, 9.17) is 11.6 Å². The van der Waals surface area contributed by atoms with E-state index in [0.717, 1.165) is 17.7 Å². The Morgan fingerprint density at radius 1 is 1.00 bits per heavy atom. The summed E-state index contributed by atoms with van der Waals surface area (Å²) in [5.41, 5.74) is 3.25. The Morgan fingerprint density at radius 2 is 1.55 bits per heavy atom. The molecule has 0 radical (unpaired) electrons. The summed E-state index contributed by atoms with van der Waals surface area (Å²) in [7, 11) is 0. The second kappa shape index (κ2) is 38.4. The van der Waals surface area contributed by atoms with Crippen LogP contribution in [0.1, 0.15) is 82.1 Å². The first-order chi connectivity index (χ1) is 17.9. The van der Waals surface area contributed by atoms with Crippen LogP contribution in [-0.2, 0) is 4.79 Å². The second-order valence-corrected chi connectivity index (χ2v) is 7.82. The number of carbonyl (C=O) groups is 2. The highest BCUT2D eigenvalue weighted by Crippen LogP contribution is 2.02. The molecule has 0 aliphatic carbocycles. The van der Waals surface area contributed by atoms with Crippen molar-refractivity contribution in [1.29, 1.82) is 0 Å². The third-order valence-electron chi connectivity index (χ3n) is 3.54. The molecule has 0 saturated heterocycles. The lowest BCUT2D eigenvalue weighted by atomic mass is 10.2. The van der Waals surface area contributed by atoms with Crippen molar-refractivity contribution in [3.63, 3.8) is 0 Å². The first-order valence-electron chi connectivity index (χ1n) is 12.8. The molecule has 5 nitrogen and oxygen atoms in total. The van der Waals surface area contributed by atoms with Crippen molar-refractivity contribution in [3.05, 3.63) is 96.9 Å². The van der Waals surface area contributed by atoms with Gasteiger partial charge >= 0.3 is 6.03 Å². The van der Waals surface area contributed by atoms with Crippen molar-refractivity contribution in [2.45, 2.75) is 82.1 Å². The van der Waals surface area contributed by atoms with Gasteiger partial charge in [-0.15, -0.1) is 6.58 Å². The predicted octanol–water partition coefficient (Wildman–Crippen LogP) is 9.78. The minimum Gasteiger partial charge on any atom is -0.334 e. The van der Waals surface area contributed by atoms with Crippen molar-refractivity contribution in [2.24, 2.45) is 4.99 Å². The third kappa shape index (κ3) is 53.9. The Bertz CT molecular complexity index is 811. The molecule has 0 saturated carbocycles. The number of hydrogen-bond acceptors (Lipinski definition) is 3. The normalized spacial score (nSPS) is 10.3. The van der Waals surface area contributed by atoms with Gasteiger partial charge in [0.15, 0.2) is 0 Å². The molecule has 0 unspecified atom stereocenters. The zero-order valence-corrected chi connectivity index (χ0v) is 26.4. The smallest absolute Gasteiger partial charge is 0.319 e. The number of nitrogens with one attached hydrogen (secondary N) is 2. The van der Waals surface area contributed by atoms with Crippen LogP contribution in [0.3, 0.4) is 0 Å². The molecule has 216 valence electrons. The van der Waals surface area contributed by atoms with Gasteiger partial charge in [-0.25, -0.2) is 4.79 Å².